The number of halogens is 2. The lowest BCUT2D eigenvalue weighted by atomic mass is 9.98. The Hall–Kier alpha value is -1.45. The normalized spacial score (nSPS) is 17.4. The van der Waals surface area contributed by atoms with Gasteiger partial charge in [-0.3, -0.25) is 4.79 Å². The predicted octanol–water partition coefficient (Wildman–Crippen LogP) is 4.77. The maximum absolute atomic E-state index is 12.7. The highest BCUT2D eigenvalue weighted by Crippen LogP contribution is 2.35. The van der Waals surface area contributed by atoms with Crippen LogP contribution in [-0.4, -0.2) is 21.9 Å². The molecule has 0 radical (unpaired) electrons. The summed E-state index contributed by atoms with van der Waals surface area (Å²) in [5.41, 5.74) is 2.11. The van der Waals surface area contributed by atoms with Crippen LogP contribution in [0.3, 0.4) is 0 Å². The first-order chi connectivity index (χ1) is 11.0. The molecule has 122 valence electrons. The lowest BCUT2D eigenvalue weighted by Crippen LogP contribution is -2.42. The maximum Gasteiger partial charge on any atom is 0.223 e. The number of carbonyl (C=O) groups is 1. The Morgan fingerprint density at radius 1 is 1.22 bits per heavy atom. The second-order valence-electron chi connectivity index (χ2n) is 6.39. The Morgan fingerprint density at radius 3 is 2.70 bits per heavy atom. The quantitative estimate of drug-likeness (QED) is 0.782. The summed E-state index contributed by atoms with van der Waals surface area (Å²) in [6.07, 6.45) is 2.61. The van der Waals surface area contributed by atoms with Gasteiger partial charge in [-0.1, -0.05) is 43.1 Å². The summed E-state index contributed by atoms with van der Waals surface area (Å²) in [5, 5.41) is 1.05. The lowest BCUT2D eigenvalue weighted by molar-refractivity contribution is -0.134. The first kappa shape index (κ1) is 16.4. The van der Waals surface area contributed by atoms with Crippen molar-refractivity contribution in [2.45, 2.75) is 32.9 Å². The minimum absolute atomic E-state index is 0.111. The van der Waals surface area contributed by atoms with Gasteiger partial charge in [-0.05, 0) is 35.7 Å². The van der Waals surface area contributed by atoms with Crippen LogP contribution in [0.5, 0.6) is 0 Å². The minimum atomic E-state index is -0.111. The van der Waals surface area contributed by atoms with E-state index in [0.29, 0.717) is 28.9 Å². The maximum atomic E-state index is 12.7. The van der Waals surface area contributed by atoms with Crippen molar-refractivity contribution < 1.29 is 4.79 Å². The van der Waals surface area contributed by atoms with Gasteiger partial charge in [0.05, 0.1) is 16.1 Å². The largest absolute Gasteiger partial charge is 0.348 e. The van der Waals surface area contributed by atoms with Crippen LogP contribution in [0, 0.1) is 5.92 Å². The molecule has 23 heavy (non-hydrogen) atoms. The fourth-order valence-electron chi connectivity index (χ4n) is 3.15. The van der Waals surface area contributed by atoms with E-state index in [1.54, 1.807) is 6.07 Å². The summed E-state index contributed by atoms with van der Waals surface area (Å²) in [5.74, 6) is 0.522. The number of nitrogens with zero attached hydrogens (tertiary/aromatic N) is 2. The van der Waals surface area contributed by atoms with Gasteiger partial charge in [0.2, 0.25) is 5.91 Å². The Bertz CT molecular complexity index is 724. The van der Waals surface area contributed by atoms with Crippen LogP contribution in [0.1, 0.15) is 37.6 Å². The van der Waals surface area contributed by atoms with E-state index in [-0.39, 0.29) is 11.9 Å². The topological polar surface area (TPSA) is 25.2 Å². The number of aromatic nitrogens is 1. The number of fused-ring (bicyclic) bond motifs is 1. The monoisotopic (exact) mass is 350 g/mol. The fraction of sp³-hybridized carbons (Fsp3) is 0.389. The van der Waals surface area contributed by atoms with Crippen molar-refractivity contribution >= 4 is 29.1 Å². The molecule has 0 N–H and O–H groups in total. The predicted molar refractivity (Wildman–Crippen MR) is 93.9 cm³/mol. The van der Waals surface area contributed by atoms with E-state index < -0.39 is 0 Å². The summed E-state index contributed by atoms with van der Waals surface area (Å²) in [7, 11) is 0. The molecule has 1 amide bonds. The van der Waals surface area contributed by atoms with E-state index in [1.807, 2.05) is 23.1 Å². The van der Waals surface area contributed by atoms with Crippen molar-refractivity contribution in [1.82, 2.24) is 9.47 Å². The highest BCUT2D eigenvalue weighted by atomic mass is 35.5. The van der Waals surface area contributed by atoms with E-state index in [1.165, 1.54) is 0 Å². The zero-order chi connectivity index (χ0) is 16.6. The van der Waals surface area contributed by atoms with Crippen LogP contribution in [0.4, 0.5) is 0 Å². The van der Waals surface area contributed by atoms with E-state index >= 15 is 0 Å². The van der Waals surface area contributed by atoms with Crippen LogP contribution in [0.2, 0.25) is 10.0 Å². The molecule has 1 aromatic heterocycles. The van der Waals surface area contributed by atoms with E-state index in [9.17, 15) is 4.79 Å². The van der Waals surface area contributed by atoms with Gasteiger partial charge in [0.15, 0.2) is 0 Å². The molecule has 0 saturated carbocycles. The fourth-order valence-corrected chi connectivity index (χ4v) is 3.46. The molecule has 2 aromatic rings. The third-order valence-electron chi connectivity index (χ3n) is 4.20. The molecule has 0 saturated heterocycles. The highest BCUT2D eigenvalue weighted by molar-refractivity contribution is 6.42. The minimum Gasteiger partial charge on any atom is -0.348 e. The van der Waals surface area contributed by atoms with Crippen LogP contribution < -0.4 is 0 Å². The van der Waals surface area contributed by atoms with E-state index in [4.69, 9.17) is 23.2 Å². The van der Waals surface area contributed by atoms with Crippen molar-refractivity contribution in [3.63, 3.8) is 0 Å². The number of benzene rings is 1. The molecule has 1 aromatic carbocycles. The summed E-state index contributed by atoms with van der Waals surface area (Å²) in [4.78, 5) is 14.7. The van der Waals surface area contributed by atoms with E-state index in [2.05, 4.69) is 30.7 Å². The van der Waals surface area contributed by atoms with Crippen LogP contribution in [0.25, 0.3) is 0 Å². The van der Waals surface area contributed by atoms with Crippen molar-refractivity contribution in [1.29, 1.82) is 0 Å². The molecule has 2 heterocycles. The summed E-state index contributed by atoms with van der Waals surface area (Å²) in [6, 6.07) is 9.61. The van der Waals surface area contributed by atoms with Gasteiger partial charge in [-0.25, -0.2) is 0 Å². The second-order valence-corrected chi connectivity index (χ2v) is 7.20. The van der Waals surface area contributed by atoms with Gasteiger partial charge in [-0.15, -0.1) is 0 Å². The Labute approximate surface area is 146 Å². The number of carbonyl (C=O) groups excluding carboxylic acids is 1. The summed E-state index contributed by atoms with van der Waals surface area (Å²) >= 11 is 12.3. The first-order valence-electron chi connectivity index (χ1n) is 7.87. The molecule has 0 aliphatic carbocycles. The number of amides is 1. The third kappa shape index (κ3) is 3.26. The molecular formula is C18H20Cl2N2O. The Morgan fingerprint density at radius 2 is 2.00 bits per heavy atom. The molecule has 0 spiro atoms. The van der Waals surface area contributed by atoms with Crippen molar-refractivity contribution in [3.8, 4) is 0 Å². The van der Waals surface area contributed by atoms with E-state index in [0.717, 1.165) is 17.8 Å². The van der Waals surface area contributed by atoms with Gasteiger partial charge in [0, 0.05) is 31.4 Å². The SMILES string of the molecule is CC(C)CC(=O)N1CCn2cccc2C1c1ccc(Cl)c(Cl)c1. The summed E-state index contributed by atoms with van der Waals surface area (Å²) < 4.78 is 2.20. The molecule has 3 rings (SSSR count). The van der Waals surface area contributed by atoms with Crippen LogP contribution in [0.15, 0.2) is 36.5 Å². The molecule has 0 fully saturated rings. The standard InChI is InChI=1S/C18H20Cl2N2O/c1-12(2)10-17(23)22-9-8-21-7-3-4-16(21)18(22)13-5-6-14(19)15(20)11-13/h3-7,11-12,18H,8-10H2,1-2H3. The molecule has 5 heteroatoms. The number of rotatable bonds is 3. The third-order valence-corrected chi connectivity index (χ3v) is 4.94. The average molecular weight is 351 g/mol. The number of hydrogen-bond acceptors (Lipinski definition) is 1. The molecule has 1 aliphatic rings. The Balaban J connectivity index is 2.03. The molecule has 1 aliphatic heterocycles. The van der Waals surface area contributed by atoms with Crippen LogP contribution >= 0.6 is 23.2 Å². The smallest absolute Gasteiger partial charge is 0.223 e. The molecule has 1 unspecified atom stereocenters. The van der Waals surface area contributed by atoms with Crippen molar-refractivity contribution in [3.05, 3.63) is 57.8 Å². The van der Waals surface area contributed by atoms with Crippen molar-refractivity contribution in [2.24, 2.45) is 5.92 Å². The molecule has 3 nitrogen and oxygen atoms in total. The molecular weight excluding hydrogens is 331 g/mol. The zero-order valence-corrected chi connectivity index (χ0v) is 14.8. The summed E-state index contributed by atoms with van der Waals surface area (Å²) in [6.45, 7) is 5.67. The van der Waals surface area contributed by atoms with Gasteiger partial charge < -0.3 is 9.47 Å². The molecule has 1 atom stereocenters. The second kappa shape index (κ2) is 6.58. The zero-order valence-electron chi connectivity index (χ0n) is 13.3. The van der Waals surface area contributed by atoms with Gasteiger partial charge >= 0.3 is 0 Å². The first-order valence-corrected chi connectivity index (χ1v) is 8.62. The number of hydrogen-bond donors (Lipinski definition) is 0. The Kier molecular flexibility index (Phi) is 4.69. The molecule has 0 bridgehead atoms. The van der Waals surface area contributed by atoms with Crippen molar-refractivity contribution in [2.75, 3.05) is 6.54 Å². The lowest BCUT2D eigenvalue weighted by Gasteiger charge is -2.38. The highest BCUT2D eigenvalue weighted by Gasteiger charge is 2.32. The van der Waals surface area contributed by atoms with Crippen LogP contribution in [-0.2, 0) is 11.3 Å². The van der Waals surface area contributed by atoms with Gasteiger partial charge in [0.1, 0.15) is 0 Å². The van der Waals surface area contributed by atoms with Gasteiger partial charge in [-0.2, -0.15) is 0 Å². The van der Waals surface area contributed by atoms with Gasteiger partial charge in [0.25, 0.3) is 0 Å². The average Bonchev–Trinajstić information content (AvgIpc) is 2.96.